The largest absolute Gasteiger partial charge is 0.454 e. The molecule has 0 aliphatic carbocycles. The number of hydrogen-bond acceptors (Lipinski definition) is 3. The third-order valence-electron chi connectivity index (χ3n) is 3.18. The molecule has 1 heterocycles. The SMILES string of the molecule is O=C(C=Cc1cccc(Cl)c1)NCc1ccc2c(c1)OCO2. The van der Waals surface area contributed by atoms with Crippen molar-refractivity contribution in [2.24, 2.45) is 0 Å². The highest BCUT2D eigenvalue weighted by molar-refractivity contribution is 6.30. The molecule has 2 aromatic rings. The number of ether oxygens (including phenoxy) is 2. The Morgan fingerprint density at radius 3 is 2.91 bits per heavy atom. The number of fused-ring (bicyclic) bond motifs is 1. The number of carbonyl (C=O) groups excluding carboxylic acids is 1. The number of halogens is 1. The Morgan fingerprint density at radius 1 is 1.18 bits per heavy atom. The third kappa shape index (κ3) is 3.59. The molecule has 3 rings (SSSR count). The second-order valence-corrected chi connectivity index (χ2v) is 5.23. The highest BCUT2D eigenvalue weighted by Crippen LogP contribution is 2.32. The van der Waals surface area contributed by atoms with E-state index in [1.165, 1.54) is 6.08 Å². The lowest BCUT2D eigenvalue weighted by Gasteiger charge is -2.04. The standard InChI is InChI=1S/C17H14ClNO3/c18-14-3-1-2-12(8-14)5-7-17(20)19-10-13-4-6-15-16(9-13)22-11-21-15/h1-9H,10-11H2,(H,19,20). The van der Waals surface area contributed by atoms with Gasteiger partial charge in [0.05, 0.1) is 0 Å². The molecule has 0 saturated heterocycles. The molecule has 22 heavy (non-hydrogen) atoms. The number of rotatable bonds is 4. The maximum atomic E-state index is 11.8. The molecule has 1 amide bonds. The van der Waals surface area contributed by atoms with Gasteiger partial charge in [0.25, 0.3) is 0 Å². The van der Waals surface area contributed by atoms with Crippen LogP contribution < -0.4 is 14.8 Å². The van der Waals surface area contributed by atoms with Gasteiger partial charge in [-0.05, 0) is 41.5 Å². The first-order chi connectivity index (χ1) is 10.7. The van der Waals surface area contributed by atoms with E-state index in [1.807, 2.05) is 30.3 Å². The smallest absolute Gasteiger partial charge is 0.244 e. The normalized spacial score (nSPS) is 12.6. The quantitative estimate of drug-likeness (QED) is 0.880. The summed E-state index contributed by atoms with van der Waals surface area (Å²) in [5.41, 5.74) is 1.83. The lowest BCUT2D eigenvalue weighted by molar-refractivity contribution is -0.116. The predicted molar refractivity (Wildman–Crippen MR) is 84.9 cm³/mol. The second kappa shape index (κ2) is 6.54. The van der Waals surface area contributed by atoms with E-state index in [9.17, 15) is 4.79 Å². The van der Waals surface area contributed by atoms with Crippen molar-refractivity contribution in [1.82, 2.24) is 5.32 Å². The first-order valence-electron chi connectivity index (χ1n) is 6.81. The summed E-state index contributed by atoms with van der Waals surface area (Å²) in [6.45, 7) is 0.670. The first-order valence-corrected chi connectivity index (χ1v) is 7.18. The van der Waals surface area contributed by atoms with Gasteiger partial charge in [0.15, 0.2) is 11.5 Å². The number of hydrogen-bond donors (Lipinski definition) is 1. The molecule has 112 valence electrons. The monoisotopic (exact) mass is 315 g/mol. The summed E-state index contributed by atoms with van der Waals surface area (Å²) in [4.78, 5) is 11.8. The van der Waals surface area contributed by atoms with Crippen LogP contribution in [0.4, 0.5) is 0 Å². The molecule has 1 aliphatic heterocycles. The zero-order valence-electron chi connectivity index (χ0n) is 11.7. The van der Waals surface area contributed by atoms with Crippen LogP contribution in [0, 0.1) is 0 Å². The minimum atomic E-state index is -0.169. The van der Waals surface area contributed by atoms with Gasteiger partial charge in [0.1, 0.15) is 0 Å². The summed E-state index contributed by atoms with van der Waals surface area (Å²) in [7, 11) is 0. The second-order valence-electron chi connectivity index (χ2n) is 4.79. The molecule has 0 radical (unpaired) electrons. The van der Waals surface area contributed by atoms with Gasteiger partial charge >= 0.3 is 0 Å². The van der Waals surface area contributed by atoms with E-state index in [-0.39, 0.29) is 12.7 Å². The minimum Gasteiger partial charge on any atom is -0.454 e. The first kappa shape index (κ1) is 14.5. The van der Waals surface area contributed by atoms with Gasteiger partial charge < -0.3 is 14.8 Å². The molecule has 5 heteroatoms. The summed E-state index contributed by atoms with van der Waals surface area (Å²) < 4.78 is 10.5. The lowest BCUT2D eigenvalue weighted by Crippen LogP contribution is -2.20. The highest BCUT2D eigenvalue weighted by Gasteiger charge is 2.13. The van der Waals surface area contributed by atoms with Crippen LogP contribution in [0.15, 0.2) is 48.5 Å². The van der Waals surface area contributed by atoms with E-state index in [0.717, 1.165) is 16.9 Å². The van der Waals surface area contributed by atoms with E-state index in [0.29, 0.717) is 17.3 Å². The van der Waals surface area contributed by atoms with Crippen molar-refractivity contribution >= 4 is 23.6 Å². The summed E-state index contributed by atoms with van der Waals surface area (Å²) in [6, 6.07) is 12.9. The molecule has 1 aliphatic rings. The highest BCUT2D eigenvalue weighted by atomic mass is 35.5. The molecule has 0 saturated carbocycles. The van der Waals surface area contributed by atoms with E-state index in [1.54, 1.807) is 18.2 Å². The lowest BCUT2D eigenvalue weighted by atomic mass is 10.2. The molecule has 4 nitrogen and oxygen atoms in total. The van der Waals surface area contributed by atoms with Gasteiger partial charge in [-0.3, -0.25) is 4.79 Å². The number of nitrogens with one attached hydrogen (secondary N) is 1. The maximum Gasteiger partial charge on any atom is 0.244 e. The van der Waals surface area contributed by atoms with Crippen molar-refractivity contribution in [2.75, 3.05) is 6.79 Å². The Balaban J connectivity index is 1.56. The van der Waals surface area contributed by atoms with Gasteiger partial charge in [-0.15, -0.1) is 0 Å². The van der Waals surface area contributed by atoms with Crippen LogP contribution in [0.25, 0.3) is 6.08 Å². The van der Waals surface area contributed by atoms with E-state index in [4.69, 9.17) is 21.1 Å². The van der Waals surface area contributed by atoms with Crippen molar-refractivity contribution in [3.63, 3.8) is 0 Å². The summed E-state index contributed by atoms with van der Waals surface area (Å²) in [6.07, 6.45) is 3.21. The summed E-state index contributed by atoms with van der Waals surface area (Å²) >= 11 is 5.89. The van der Waals surface area contributed by atoms with E-state index < -0.39 is 0 Å². The minimum absolute atomic E-state index is 0.169. The van der Waals surface area contributed by atoms with Crippen molar-refractivity contribution in [3.05, 3.63) is 64.7 Å². The molecular formula is C17H14ClNO3. The van der Waals surface area contributed by atoms with Gasteiger partial charge in [-0.1, -0.05) is 29.8 Å². The maximum absolute atomic E-state index is 11.8. The van der Waals surface area contributed by atoms with Gasteiger partial charge in [0, 0.05) is 17.6 Å². The molecule has 0 aromatic heterocycles. The number of carbonyl (C=O) groups is 1. The van der Waals surface area contributed by atoms with Crippen LogP contribution in [0.5, 0.6) is 11.5 Å². The molecule has 0 spiro atoms. The topological polar surface area (TPSA) is 47.6 Å². The zero-order valence-corrected chi connectivity index (χ0v) is 12.5. The summed E-state index contributed by atoms with van der Waals surface area (Å²) in [5, 5.41) is 3.46. The fourth-order valence-electron chi connectivity index (χ4n) is 2.08. The predicted octanol–water partition coefficient (Wildman–Crippen LogP) is 3.40. The zero-order chi connectivity index (χ0) is 15.4. The van der Waals surface area contributed by atoms with E-state index >= 15 is 0 Å². The van der Waals surface area contributed by atoms with Crippen LogP contribution in [0.2, 0.25) is 5.02 Å². The van der Waals surface area contributed by atoms with Gasteiger partial charge in [-0.2, -0.15) is 0 Å². The fraction of sp³-hybridized carbons (Fsp3) is 0.118. The molecule has 0 atom stereocenters. The van der Waals surface area contributed by atoms with E-state index in [2.05, 4.69) is 5.32 Å². The van der Waals surface area contributed by atoms with Crippen molar-refractivity contribution in [3.8, 4) is 11.5 Å². The molecular weight excluding hydrogens is 302 g/mol. The molecule has 2 aromatic carbocycles. The molecule has 0 unspecified atom stereocenters. The van der Waals surface area contributed by atoms with Crippen LogP contribution in [-0.2, 0) is 11.3 Å². The van der Waals surface area contributed by atoms with Gasteiger partial charge in [0.2, 0.25) is 12.7 Å². The fourth-order valence-corrected chi connectivity index (χ4v) is 2.28. The van der Waals surface area contributed by atoms with Crippen LogP contribution in [-0.4, -0.2) is 12.7 Å². The van der Waals surface area contributed by atoms with Crippen LogP contribution >= 0.6 is 11.6 Å². The van der Waals surface area contributed by atoms with Gasteiger partial charge in [-0.25, -0.2) is 0 Å². The Labute approximate surface area is 133 Å². The summed E-state index contributed by atoms with van der Waals surface area (Å²) in [5.74, 6) is 1.27. The number of amides is 1. The Kier molecular flexibility index (Phi) is 4.30. The Morgan fingerprint density at radius 2 is 2.05 bits per heavy atom. The van der Waals surface area contributed by atoms with Crippen molar-refractivity contribution in [1.29, 1.82) is 0 Å². The Bertz CT molecular complexity index is 728. The molecule has 1 N–H and O–H groups in total. The van der Waals surface area contributed by atoms with Crippen LogP contribution in [0.3, 0.4) is 0 Å². The average Bonchev–Trinajstić information content (AvgIpc) is 2.98. The molecule has 0 fully saturated rings. The number of benzene rings is 2. The van der Waals surface area contributed by atoms with Crippen molar-refractivity contribution in [2.45, 2.75) is 6.54 Å². The third-order valence-corrected chi connectivity index (χ3v) is 3.41. The van der Waals surface area contributed by atoms with Crippen LogP contribution in [0.1, 0.15) is 11.1 Å². The Hall–Kier alpha value is -2.46. The molecule has 0 bridgehead atoms. The average molecular weight is 316 g/mol. The van der Waals surface area contributed by atoms with Crippen molar-refractivity contribution < 1.29 is 14.3 Å².